The topological polar surface area (TPSA) is 70.6 Å². The minimum absolute atomic E-state index is 0.190. The highest BCUT2D eigenvalue weighted by atomic mass is 19.2. The van der Waals surface area contributed by atoms with Crippen LogP contribution in [0.15, 0.2) is 18.2 Å². The first-order valence-corrected chi connectivity index (χ1v) is 7.98. The third-order valence-corrected chi connectivity index (χ3v) is 3.31. The number of halogens is 2. The van der Waals surface area contributed by atoms with Gasteiger partial charge in [0.1, 0.15) is 0 Å². The molecule has 0 aromatic heterocycles. The maximum Gasteiger partial charge on any atom is 0.315 e. The molecule has 1 rings (SSSR count). The highest BCUT2D eigenvalue weighted by molar-refractivity contribution is 5.74. The van der Waals surface area contributed by atoms with Crippen molar-refractivity contribution in [2.75, 3.05) is 13.2 Å². The van der Waals surface area contributed by atoms with Crippen molar-refractivity contribution in [3.8, 4) is 0 Å². The zero-order valence-corrected chi connectivity index (χ0v) is 14.5. The summed E-state index contributed by atoms with van der Waals surface area (Å²) in [6, 6.07) is 1.79. The van der Waals surface area contributed by atoms with Gasteiger partial charge in [0.05, 0.1) is 24.8 Å². The van der Waals surface area contributed by atoms with Crippen LogP contribution in [0.25, 0.3) is 0 Å². The van der Waals surface area contributed by atoms with Crippen LogP contribution in [-0.2, 0) is 4.74 Å². The maximum atomic E-state index is 13.2. The Morgan fingerprint density at radius 3 is 2.38 bits per heavy atom. The van der Waals surface area contributed by atoms with Crippen molar-refractivity contribution >= 4 is 6.03 Å². The molecule has 2 amide bonds. The molecule has 0 aliphatic carbocycles. The Balaban J connectivity index is 2.46. The van der Waals surface area contributed by atoms with E-state index < -0.39 is 29.8 Å². The van der Waals surface area contributed by atoms with E-state index in [2.05, 4.69) is 10.6 Å². The van der Waals surface area contributed by atoms with Crippen LogP contribution in [-0.4, -0.2) is 36.4 Å². The fourth-order valence-corrected chi connectivity index (χ4v) is 2.06. The highest BCUT2D eigenvalue weighted by Crippen LogP contribution is 2.19. The molecule has 0 spiro atoms. The molecular formula is C17H26F2N2O3. The van der Waals surface area contributed by atoms with Crippen LogP contribution in [0.2, 0.25) is 0 Å². The van der Waals surface area contributed by atoms with Crippen molar-refractivity contribution in [1.82, 2.24) is 10.6 Å². The summed E-state index contributed by atoms with van der Waals surface area (Å²) >= 11 is 0. The first-order valence-electron chi connectivity index (χ1n) is 7.98. The Morgan fingerprint density at radius 1 is 1.12 bits per heavy atom. The van der Waals surface area contributed by atoms with Gasteiger partial charge in [0, 0.05) is 6.61 Å². The molecular weight excluding hydrogens is 318 g/mol. The molecule has 3 unspecified atom stereocenters. The monoisotopic (exact) mass is 344 g/mol. The number of carbonyl (C=O) groups excluding carboxylic acids is 1. The zero-order valence-electron chi connectivity index (χ0n) is 14.5. The molecule has 0 radical (unpaired) electrons. The fourth-order valence-electron chi connectivity index (χ4n) is 2.06. The predicted molar refractivity (Wildman–Crippen MR) is 87.6 cm³/mol. The van der Waals surface area contributed by atoms with Gasteiger partial charge >= 0.3 is 6.03 Å². The third-order valence-electron chi connectivity index (χ3n) is 3.31. The third kappa shape index (κ3) is 6.80. The Bertz CT molecular complexity index is 541. The number of rotatable bonds is 8. The number of benzene rings is 1. The van der Waals surface area contributed by atoms with Crippen LogP contribution in [0, 0.1) is 17.6 Å². The maximum absolute atomic E-state index is 13.2. The van der Waals surface area contributed by atoms with Crippen LogP contribution in [0.3, 0.4) is 0 Å². The van der Waals surface area contributed by atoms with Crippen molar-refractivity contribution in [2.45, 2.75) is 45.9 Å². The fraction of sp³-hybridized carbons (Fsp3) is 0.588. The summed E-state index contributed by atoms with van der Waals surface area (Å²) in [5, 5.41) is 15.4. The quantitative estimate of drug-likeness (QED) is 0.679. The SMILES string of the molecule is CC(C)COCC(C)NC(=O)NC(C)C(O)c1ccc(F)c(F)c1. The molecule has 5 nitrogen and oxygen atoms in total. The second-order valence-electron chi connectivity index (χ2n) is 6.36. The number of ether oxygens (including phenoxy) is 1. The average Bonchev–Trinajstić information content (AvgIpc) is 2.48. The lowest BCUT2D eigenvalue weighted by Gasteiger charge is -2.22. The number of urea groups is 1. The molecule has 0 heterocycles. The van der Waals surface area contributed by atoms with E-state index in [9.17, 15) is 18.7 Å². The molecule has 1 aromatic carbocycles. The van der Waals surface area contributed by atoms with Crippen molar-refractivity contribution in [3.63, 3.8) is 0 Å². The minimum Gasteiger partial charge on any atom is -0.386 e. The summed E-state index contributed by atoms with van der Waals surface area (Å²) in [6.45, 7) is 8.44. The molecule has 24 heavy (non-hydrogen) atoms. The van der Waals surface area contributed by atoms with Crippen molar-refractivity contribution in [3.05, 3.63) is 35.4 Å². The smallest absolute Gasteiger partial charge is 0.315 e. The molecule has 3 N–H and O–H groups in total. The minimum atomic E-state index is -1.15. The molecule has 0 bridgehead atoms. The molecule has 0 aliphatic heterocycles. The van der Waals surface area contributed by atoms with E-state index in [1.165, 1.54) is 6.07 Å². The van der Waals surface area contributed by atoms with E-state index in [-0.39, 0.29) is 11.6 Å². The van der Waals surface area contributed by atoms with E-state index in [1.807, 2.05) is 13.8 Å². The summed E-state index contributed by atoms with van der Waals surface area (Å²) < 4.78 is 31.6. The molecule has 0 fully saturated rings. The number of hydrogen-bond donors (Lipinski definition) is 3. The number of carbonyl (C=O) groups is 1. The van der Waals surface area contributed by atoms with Crippen LogP contribution in [0.1, 0.15) is 39.4 Å². The lowest BCUT2D eigenvalue weighted by molar-refractivity contribution is 0.0943. The number of aliphatic hydroxyl groups is 1. The molecule has 0 saturated heterocycles. The van der Waals surface area contributed by atoms with E-state index in [0.29, 0.717) is 19.1 Å². The van der Waals surface area contributed by atoms with Crippen LogP contribution < -0.4 is 10.6 Å². The Labute approximate surface area is 141 Å². The predicted octanol–water partition coefficient (Wildman–Crippen LogP) is 2.75. The summed E-state index contributed by atoms with van der Waals surface area (Å²) in [5.74, 6) is -1.61. The average molecular weight is 344 g/mol. The number of nitrogens with one attached hydrogen (secondary N) is 2. The molecule has 3 atom stereocenters. The van der Waals surface area contributed by atoms with Crippen molar-refractivity contribution in [1.29, 1.82) is 0 Å². The normalized spacial score (nSPS) is 15.0. The van der Waals surface area contributed by atoms with Gasteiger partial charge in [0.25, 0.3) is 0 Å². The molecule has 1 aromatic rings. The van der Waals surface area contributed by atoms with Crippen molar-refractivity contribution in [2.24, 2.45) is 5.92 Å². The van der Waals surface area contributed by atoms with E-state index in [0.717, 1.165) is 12.1 Å². The summed E-state index contributed by atoms with van der Waals surface area (Å²) in [6.07, 6.45) is -1.15. The summed E-state index contributed by atoms with van der Waals surface area (Å²) in [7, 11) is 0. The molecule has 0 saturated carbocycles. The van der Waals surface area contributed by atoms with Gasteiger partial charge in [-0.25, -0.2) is 13.6 Å². The van der Waals surface area contributed by atoms with E-state index in [4.69, 9.17) is 4.74 Å². The first kappa shape index (κ1) is 20.3. The molecule has 136 valence electrons. The lowest BCUT2D eigenvalue weighted by Crippen LogP contribution is -2.47. The number of aliphatic hydroxyl groups excluding tert-OH is 1. The molecule has 0 aliphatic rings. The second-order valence-corrected chi connectivity index (χ2v) is 6.36. The van der Waals surface area contributed by atoms with E-state index in [1.54, 1.807) is 13.8 Å². The number of hydrogen-bond acceptors (Lipinski definition) is 3. The van der Waals surface area contributed by atoms with Gasteiger partial charge < -0.3 is 20.5 Å². The van der Waals surface area contributed by atoms with Gasteiger partial charge in [0.2, 0.25) is 0 Å². The second kappa shape index (κ2) is 9.54. The standard InChI is InChI=1S/C17H26F2N2O3/c1-10(2)8-24-9-11(3)20-17(23)21-12(4)16(22)13-5-6-14(18)15(19)7-13/h5-7,10-12,16,22H,8-9H2,1-4H3,(H2,20,21,23). The van der Waals surface area contributed by atoms with E-state index >= 15 is 0 Å². The Kier molecular flexibility index (Phi) is 8.07. The van der Waals surface area contributed by atoms with Gasteiger partial charge in [-0.05, 0) is 37.5 Å². The van der Waals surface area contributed by atoms with Gasteiger partial charge in [-0.15, -0.1) is 0 Å². The van der Waals surface area contributed by atoms with Crippen LogP contribution in [0.5, 0.6) is 0 Å². The van der Waals surface area contributed by atoms with Gasteiger partial charge in [0.15, 0.2) is 11.6 Å². The largest absolute Gasteiger partial charge is 0.386 e. The molecule has 7 heteroatoms. The van der Waals surface area contributed by atoms with Gasteiger partial charge in [-0.2, -0.15) is 0 Å². The van der Waals surface area contributed by atoms with Crippen molar-refractivity contribution < 1.29 is 23.4 Å². The summed E-state index contributed by atoms with van der Waals surface area (Å²) in [4.78, 5) is 11.9. The Morgan fingerprint density at radius 2 is 1.79 bits per heavy atom. The highest BCUT2D eigenvalue weighted by Gasteiger charge is 2.20. The zero-order chi connectivity index (χ0) is 18.3. The van der Waals surface area contributed by atoms with Gasteiger partial charge in [-0.1, -0.05) is 19.9 Å². The first-order chi connectivity index (χ1) is 11.2. The number of amides is 2. The van der Waals surface area contributed by atoms with Crippen LogP contribution in [0.4, 0.5) is 13.6 Å². The lowest BCUT2D eigenvalue weighted by atomic mass is 10.0. The van der Waals surface area contributed by atoms with Crippen LogP contribution >= 0.6 is 0 Å². The van der Waals surface area contributed by atoms with Gasteiger partial charge in [-0.3, -0.25) is 0 Å². The summed E-state index contributed by atoms with van der Waals surface area (Å²) in [5.41, 5.74) is 0.190. The Hall–Kier alpha value is -1.73.